The fourth-order valence-corrected chi connectivity index (χ4v) is 3.92. The fraction of sp³-hybridized carbons (Fsp3) is 0.440. The van der Waals surface area contributed by atoms with Gasteiger partial charge in [0.1, 0.15) is 11.4 Å². The van der Waals surface area contributed by atoms with Crippen LogP contribution in [0.25, 0.3) is 0 Å². The molecule has 0 aliphatic heterocycles. The van der Waals surface area contributed by atoms with E-state index in [1.165, 1.54) is 25.2 Å². The molecule has 1 aliphatic rings. The number of carbonyl (C=O) groups is 3. The van der Waals surface area contributed by atoms with Crippen LogP contribution in [0.3, 0.4) is 0 Å². The molecule has 0 radical (unpaired) electrons. The number of esters is 1. The van der Waals surface area contributed by atoms with Crippen LogP contribution in [0.2, 0.25) is 0 Å². The number of nitrogens with zero attached hydrogens (tertiary/aromatic N) is 2. The van der Waals surface area contributed by atoms with Crippen molar-refractivity contribution in [3.8, 4) is 5.75 Å². The highest BCUT2D eigenvalue weighted by atomic mass is 19.1. The quantitative estimate of drug-likeness (QED) is 0.626. The zero-order valence-electron chi connectivity index (χ0n) is 20.2. The summed E-state index contributed by atoms with van der Waals surface area (Å²) in [6.45, 7) is 4.97. The third kappa shape index (κ3) is 4.73. The smallest absolute Gasteiger partial charge is 0.311 e. The number of pyridine rings is 1. The maximum absolute atomic E-state index is 14.4. The zero-order valence-corrected chi connectivity index (χ0v) is 20.2. The van der Waals surface area contributed by atoms with Crippen LogP contribution < -0.4 is 15.5 Å². The number of amides is 2. The molecule has 1 N–H and O–H groups in total. The molecule has 1 aromatic carbocycles. The van der Waals surface area contributed by atoms with Crippen molar-refractivity contribution in [2.24, 2.45) is 0 Å². The Bertz CT molecular complexity index is 1200. The molecule has 0 atom stereocenters. The largest absolute Gasteiger partial charge is 0.420 e. The molecule has 1 heterocycles. The van der Waals surface area contributed by atoms with Gasteiger partial charge in [-0.25, -0.2) is 4.39 Å². The van der Waals surface area contributed by atoms with Gasteiger partial charge in [0.2, 0.25) is 11.2 Å². The standard InChI is InChI=1S/C25H30FN3O5/c1-6-18(30)34-22-20(24(33)28(4)5)29(25(3)11-8-12-25)14-17(21(22)31)23(32)27-13-16-10-7-9-15(2)19(16)26/h7,9-10,14H,6,8,11-13H2,1-5H3,(H,27,32). The number of aryl methyl sites for hydroxylation is 1. The van der Waals surface area contributed by atoms with Crippen molar-refractivity contribution in [2.75, 3.05) is 14.1 Å². The van der Waals surface area contributed by atoms with Crippen molar-refractivity contribution in [3.63, 3.8) is 0 Å². The molecule has 0 saturated heterocycles. The van der Waals surface area contributed by atoms with E-state index < -0.39 is 40.3 Å². The minimum Gasteiger partial charge on any atom is -0.420 e. The zero-order chi connectivity index (χ0) is 25.2. The van der Waals surface area contributed by atoms with Crippen LogP contribution in [0.5, 0.6) is 5.75 Å². The molecule has 0 bridgehead atoms. The molecule has 2 aromatic rings. The minimum atomic E-state index is -0.867. The van der Waals surface area contributed by atoms with E-state index in [2.05, 4.69) is 5.32 Å². The Morgan fingerprint density at radius 1 is 1.24 bits per heavy atom. The van der Waals surface area contributed by atoms with Crippen LogP contribution in [-0.4, -0.2) is 41.3 Å². The average Bonchev–Trinajstić information content (AvgIpc) is 2.78. The third-order valence-corrected chi connectivity index (χ3v) is 6.25. The lowest BCUT2D eigenvalue weighted by molar-refractivity contribution is -0.134. The molecular formula is C25H30FN3O5. The predicted molar refractivity (Wildman–Crippen MR) is 124 cm³/mol. The highest BCUT2D eigenvalue weighted by Gasteiger charge is 2.39. The van der Waals surface area contributed by atoms with Crippen LogP contribution in [0.1, 0.15) is 71.5 Å². The van der Waals surface area contributed by atoms with E-state index in [0.29, 0.717) is 5.56 Å². The molecule has 1 fully saturated rings. The lowest BCUT2D eigenvalue weighted by Crippen LogP contribution is -2.44. The van der Waals surface area contributed by atoms with Gasteiger partial charge in [-0.05, 0) is 38.7 Å². The lowest BCUT2D eigenvalue weighted by Gasteiger charge is -2.42. The summed E-state index contributed by atoms with van der Waals surface area (Å²) in [6.07, 6.45) is 3.69. The highest BCUT2D eigenvalue weighted by Crippen LogP contribution is 2.40. The molecule has 1 aliphatic carbocycles. The number of halogens is 1. The Balaban J connectivity index is 2.12. The van der Waals surface area contributed by atoms with Gasteiger partial charge in [0, 0.05) is 44.4 Å². The SMILES string of the molecule is CCC(=O)Oc1c(C(=O)N(C)C)n(C2(C)CCC2)cc(C(=O)NCc2cccc(C)c2F)c1=O. The van der Waals surface area contributed by atoms with Crippen molar-refractivity contribution >= 4 is 17.8 Å². The van der Waals surface area contributed by atoms with E-state index >= 15 is 0 Å². The summed E-state index contributed by atoms with van der Waals surface area (Å²) < 4.78 is 21.3. The normalized spacial score (nSPS) is 14.2. The van der Waals surface area contributed by atoms with Crippen LogP contribution in [0, 0.1) is 12.7 Å². The Morgan fingerprint density at radius 2 is 1.91 bits per heavy atom. The van der Waals surface area contributed by atoms with Gasteiger partial charge in [-0.3, -0.25) is 19.2 Å². The molecule has 8 nitrogen and oxygen atoms in total. The van der Waals surface area contributed by atoms with Crippen molar-refractivity contribution in [2.45, 2.75) is 58.5 Å². The molecule has 0 unspecified atom stereocenters. The third-order valence-electron chi connectivity index (χ3n) is 6.25. The van der Waals surface area contributed by atoms with Crippen molar-refractivity contribution in [1.82, 2.24) is 14.8 Å². The van der Waals surface area contributed by atoms with Gasteiger partial charge in [0.15, 0.2) is 5.69 Å². The summed E-state index contributed by atoms with van der Waals surface area (Å²) in [4.78, 5) is 52.9. The van der Waals surface area contributed by atoms with E-state index in [1.807, 2.05) is 6.92 Å². The molecule has 1 aromatic heterocycles. The second-order valence-corrected chi connectivity index (χ2v) is 9.03. The summed E-state index contributed by atoms with van der Waals surface area (Å²) in [5.41, 5.74) is -1.03. The second kappa shape index (κ2) is 9.79. The first-order chi connectivity index (χ1) is 16.0. The number of aromatic nitrogens is 1. The first-order valence-electron chi connectivity index (χ1n) is 11.2. The molecular weight excluding hydrogens is 441 g/mol. The Hall–Kier alpha value is -3.49. The van der Waals surface area contributed by atoms with Crippen LogP contribution in [0.4, 0.5) is 4.39 Å². The van der Waals surface area contributed by atoms with Gasteiger partial charge in [-0.2, -0.15) is 0 Å². The number of hydrogen-bond acceptors (Lipinski definition) is 5. The van der Waals surface area contributed by atoms with E-state index in [9.17, 15) is 23.6 Å². The van der Waals surface area contributed by atoms with E-state index in [0.717, 1.165) is 19.3 Å². The second-order valence-electron chi connectivity index (χ2n) is 9.03. The van der Waals surface area contributed by atoms with Gasteiger partial charge in [0.05, 0.1) is 0 Å². The minimum absolute atomic E-state index is 0.0185. The highest BCUT2D eigenvalue weighted by molar-refractivity contribution is 5.99. The fourth-order valence-electron chi connectivity index (χ4n) is 3.92. The Labute approximate surface area is 197 Å². The monoisotopic (exact) mass is 471 g/mol. The number of nitrogens with one attached hydrogen (secondary N) is 1. The maximum atomic E-state index is 14.4. The summed E-state index contributed by atoms with van der Waals surface area (Å²) in [5.74, 6) is -2.87. The Morgan fingerprint density at radius 3 is 2.47 bits per heavy atom. The molecule has 182 valence electrons. The van der Waals surface area contributed by atoms with Crippen molar-refractivity contribution in [3.05, 3.63) is 62.8 Å². The maximum Gasteiger partial charge on any atom is 0.311 e. The number of ether oxygens (including phenoxy) is 1. The molecule has 0 spiro atoms. The average molecular weight is 472 g/mol. The van der Waals surface area contributed by atoms with Gasteiger partial charge in [-0.15, -0.1) is 0 Å². The van der Waals surface area contributed by atoms with E-state index in [4.69, 9.17) is 4.74 Å². The van der Waals surface area contributed by atoms with Crippen molar-refractivity contribution < 1.29 is 23.5 Å². The first-order valence-corrected chi connectivity index (χ1v) is 11.2. The Kier molecular flexibility index (Phi) is 7.24. The summed E-state index contributed by atoms with van der Waals surface area (Å²) in [5, 5.41) is 2.58. The van der Waals surface area contributed by atoms with Gasteiger partial charge < -0.3 is 19.5 Å². The van der Waals surface area contributed by atoms with Gasteiger partial charge in [-0.1, -0.05) is 25.1 Å². The molecule has 9 heteroatoms. The van der Waals surface area contributed by atoms with Crippen LogP contribution in [-0.2, 0) is 16.9 Å². The van der Waals surface area contributed by atoms with Gasteiger partial charge >= 0.3 is 5.97 Å². The lowest BCUT2D eigenvalue weighted by atomic mass is 9.77. The van der Waals surface area contributed by atoms with Crippen molar-refractivity contribution in [1.29, 1.82) is 0 Å². The van der Waals surface area contributed by atoms with Gasteiger partial charge in [0.25, 0.3) is 11.8 Å². The van der Waals surface area contributed by atoms with Crippen LogP contribution in [0.15, 0.2) is 29.2 Å². The summed E-state index contributed by atoms with van der Waals surface area (Å²) in [6, 6.07) is 4.84. The van der Waals surface area contributed by atoms with Crippen LogP contribution >= 0.6 is 0 Å². The molecule has 2 amide bonds. The van der Waals surface area contributed by atoms with E-state index in [-0.39, 0.29) is 29.8 Å². The number of rotatable bonds is 7. The number of carbonyl (C=O) groups excluding carboxylic acids is 3. The molecule has 1 saturated carbocycles. The summed E-state index contributed by atoms with van der Waals surface area (Å²) >= 11 is 0. The first kappa shape index (κ1) is 25.1. The summed E-state index contributed by atoms with van der Waals surface area (Å²) in [7, 11) is 3.06. The van der Waals surface area contributed by atoms with E-state index in [1.54, 1.807) is 36.6 Å². The topological polar surface area (TPSA) is 97.7 Å². The molecule has 3 rings (SSSR count). The number of hydrogen-bond donors (Lipinski definition) is 1. The predicted octanol–water partition coefficient (Wildman–Crippen LogP) is 3.14. The molecule has 34 heavy (non-hydrogen) atoms. The number of benzene rings is 1.